The molecule has 1 amide bonds. The van der Waals surface area contributed by atoms with Crippen molar-refractivity contribution >= 4 is 15.9 Å². The molecule has 1 atom stereocenters. The molecule has 0 radical (unpaired) electrons. The molecule has 1 aliphatic rings. The summed E-state index contributed by atoms with van der Waals surface area (Å²) in [5.74, 6) is 0.515. The summed E-state index contributed by atoms with van der Waals surface area (Å²) in [6.07, 6.45) is -0.616. The number of aryl methyl sites for hydroxylation is 1. The van der Waals surface area contributed by atoms with E-state index in [0.29, 0.717) is 31.9 Å². The average molecular weight is 403 g/mol. The van der Waals surface area contributed by atoms with Crippen LogP contribution in [0.5, 0.6) is 5.75 Å². The molecule has 1 heterocycles. The Morgan fingerprint density at radius 2 is 1.71 bits per heavy atom. The van der Waals surface area contributed by atoms with Gasteiger partial charge in [-0.2, -0.15) is 4.31 Å². The van der Waals surface area contributed by atoms with Crippen LogP contribution in [-0.4, -0.2) is 55.8 Å². The van der Waals surface area contributed by atoms with Crippen molar-refractivity contribution < 1.29 is 17.9 Å². The first kappa shape index (κ1) is 20.4. The van der Waals surface area contributed by atoms with E-state index in [4.69, 9.17) is 4.74 Å². The van der Waals surface area contributed by atoms with Gasteiger partial charge in [0.25, 0.3) is 5.91 Å². The first-order valence-electron chi connectivity index (χ1n) is 9.39. The molecule has 1 unspecified atom stereocenters. The van der Waals surface area contributed by atoms with Crippen LogP contribution in [0.15, 0.2) is 54.6 Å². The standard InChI is InChI=1S/C21H26N2O4S/c1-17-7-6-10-20(15-17)27-18(2)21(24)22-11-13-23(14-12-22)28(25,26)16-19-8-4-3-5-9-19/h3-10,15,18H,11-14,16H2,1-2H3. The number of carbonyl (C=O) groups is 1. The van der Waals surface area contributed by atoms with E-state index >= 15 is 0 Å². The molecular weight excluding hydrogens is 376 g/mol. The lowest BCUT2D eigenvalue weighted by molar-refractivity contribution is -0.139. The topological polar surface area (TPSA) is 66.9 Å². The van der Waals surface area contributed by atoms with Crippen LogP contribution in [0, 0.1) is 6.92 Å². The Labute approximate surface area is 166 Å². The van der Waals surface area contributed by atoms with Gasteiger partial charge >= 0.3 is 0 Å². The zero-order chi connectivity index (χ0) is 20.1. The van der Waals surface area contributed by atoms with Gasteiger partial charge in [0.05, 0.1) is 5.75 Å². The summed E-state index contributed by atoms with van der Waals surface area (Å²) < 4.78 is 32.5. The van der Waals surface area contributed by atoms with Crippen LogP contribution in [0.25, 0.3) is 0 Å². The van der Waals surface area contributed by atoms with E-state index in [2.05, 4.69) is 0 Å². The lowest BCUT2D eigenvalue weighted by atomic mass is 10.2. The normalized spacial score (nSPS) is 16.6. The Morgan fingerprint density at radius 1 is 1.04 bits per heavy atom. The Kier molecular flexibility index (Phi) is 6.36. The summed E-state index contributed by atoms with van der Waals surface area (Å²) in [5.41, 5.74) is 1.83. The predicted molar refractivity (Wildman–Crippen MR) is 108 cm³/mol. The van der Waals surface area contributed by atoms with E-state index < -0.39 is 16.1 Å². The summed E-state index contributed by atoms with van der Waals surface area (Å²) in [7, 11) is -3.39. The maximum Gasteiger partial charge on any atom is 0.263 e. The summed E-state index contributed by atoms with van der Waals surface area (Å²) in [5, 5.41) is 0. The molecule has 3 rings (SSSR count). The molecule has 2 aromatic carbocycles. The van der Waals surface area contributed by atoms with Crippen LogP contribution in [0.3, 0.4) is 0 Å². The summed E-state index contributed by atoms with van der Waals surface area (Å²) in [4.78, 5) is 14.3. The number of hydrogen-bond acceptors (Lipinski definition) is 4. The van der Waals surface area contributed by atoms with Crippen LogP contribution in [-0.2, 0) is 20.6 Å². The Balaban J connectivity index is 1.54. The van der Waals surface area contributed by atoms with Gasteiger partial charge in [0, 0.05) is 26.2 Å². The molecule has 0 bridgehead atoms. The number of sulfonamides is 1. The number of amides is 1. The molecule has 0 saturated carbocycles. The minimum atomic E-state index is -3.39. The zero-order valence-electron chi connectivity index (χ0n) is 16.2. The molecule has 6 nitrogen and oxygen atoms in total. The third kappa shape index (κ3) is 5.11. The van der Waals surface area contributed by atoms with Crippen molar-refractivity contribution in [3.05, 3.63) is 65.7 Å². The van der Waals surface area contributed by atoms with Crippen molar-refractivity contribution in [3.8, 4) is 5.75 Å². The number of ether oxygens (including phenoxy) is 1. The molecule has 0 N–H and O–H groups in total. The molecule has 150 valence electrons. The van der Waals surface area contributed by atoms with E-state index in [9.17, 15) is 13.2 Å². The van der Waals surface area contributed by atoms with Crippen molar-refractivity contribution in [2.75, 3.05) is 26.2 Å². The maximum absolute atomic E-state index is 12.7. The van der Waals surface area contributed by atoms with Gasteiger partial charge in [-0.25, -0.2) is 8.42 Å². The van der Waals surface area contributed by atoms with Crippen molar-refractivity contribution in [3.63, 3.8) is 0 Å². The number of nitrogens with zero attached hydrogens (tertiary/aromatic N) is 2. The van der Waals surface area contributed by atoms with E-state index in [0.717, 1.165) is 11.1 Å². The monoisotopic (exact) mass is 402 g/mol. The predicted octanol–water partition coefficient (Wildman–Crippen LogP) is 2.44. The van der Waals surface area contributed by atoms with Crippen LogP contribution >= 0.6 is 0 Å². The quantitative estimate of drug-likeness (QED) is 0.744. The largest absolute Gasteiger partial charge is 0.481 e. The molecule has 0 spiro atoms. The molecule has 2 aromatic rings. The number of hydrogen-bond donors (Lipinski definition) is 0. The summed E-state index contributed by atoms with van der Waals surface area (Å²) in [6.45, 7) is 5.04. The molecule has 7 heteroatoms. The Hall–Kier alpha value is -2.38. The van der Waals surface area contributed by atoms with Crippen molar-refractivity contribution in [1.82, 2.24) is 9.21 Å². The van der Waals surface area contributed by atoms with Crippen molar-refractivity contribution in [2.24, 2.45) is 0 Å². The van der Waals surface area contributed by atoms with E-state index in [-0.39, 0.29) is 11.7 Å². The average Bonchev–Trinajstić information content (AvgIpc) is 2.68. The fraction of sp³-hybridized carbons (Fsp3) is 0.381. The number of benzene rings is 2. The molecule has 28 heavy (non-hydrogen) atoms. The second-order valence-corrected chi connectivity index (χ2v) is 9.01. The highest BCUT2D eigenvalue weighted by Crippen LogP contribution is 2.17. The van der Waals surface area contributed by atoms with E-state index in [1.165, 1.54) is 4.31 Å². The first-order valence-corrected chi connectivity index (χ1v) is 11.0. The van der Waals surface area contributed by atoms with Gasteiger partial charge in [0.1, 0.15) is 5.75 Å². The Morgan fingerprint density at radius 3 is 2.36 bits per heavy atom. The van der Waals surface area contributed by atoms with Gasteiger partial charge in [-0.15, -0.1) is 0 Å². The fourth-order valence-electron chi connectivity index (χ4n) is 3.26. The van der Waals surface area contributed by atoms with Gasteiger partial charge in [0.15, 0.2) is 6.10 Å². The van der Waals surface area contributed by atoms with Crippen molar-refractivity contribution in [1.29, 1.82) is 0 Å². The van der Waals surface area contributed by atoms with Crippen LogP contribution in [0.2, 0.25) is 0 Å². The molecule has 0 aromatic heterocycles. The second kappa shape index (κ2) is 8.75. The van der Waals surface area contributed by atoms with Crippen LogP contribution in [0.4, 0.5) is 0 Å². The van der Waals surface area contributed by atoms with Gasteiger partial charge < -0.3 is 9.64 Å². The lowest BCUT2D eigenvalue weighted by Gasteiger charge is -2.35. The highest BCUT2D eigenvalue weighted by Gasteiger charge is 2.31. The highest BCUT2D eigenvalue weighted by molar-refractivity contribution is 7.88. The SMILES string of the molecule is Cc1cccc(OC(C)C(=O)N2CCN(S(=O)(=O)Cc3ccccc3)CC2)c1. The Bertz CT molecular complexity index is 907. The molecular formula is C21H26N2O4S. The zero-order valence-corrected chi connectivity index (χ0v) is 17.1. The first-order chi connectivity index (χ1) is 13.3. The molecule has 0 aliphatic carbocycles. The van der Waals surface area contributed by atoms with Gasteiger partial charge in [0.2, 0.25) is 10.0 Å². The van der Waals surface area contributed by atoms with E-state index in [1.54, 1.807) is 11.8 Å². The number of carbonyl (C=O) groups excluding carboxylic acids is 1. The van der Waals surface area contributed by atoms with Gasteiger partial charge in [-0.1, -0.05) is 42.5 Å². The third-order valence-electron chi connectivity index (χ3n) is 4.79. The van der Waals surface area contributed by atoms with Gasteiger partial charge in [-0.05, 0) is 37.1 Å². The number of piperazine rings is 1. The minimum Gasteiger partial charge on any atom is -0.481 e. The number of rotatable bonds is 6. The van der Waals surface area contributed by atoms with Crippen LogP contribution < -0.4 is 4.74 Å². The van der Waals surface area contributed by atoms with Crippen molar-refractivity contribution in [2.45, 2.75) is 25.7 Å². The molecule has 1 aliphatic heterocycles. The third-order valence-corrected chi connectivity index (χ3v) is 6.64. The summed E-state index contributed by atoms with van der Waals surface area (Å²) in [6, 6.07) is 16.7. The highest BCUT2D eigenvalue weighted by atomic mass is 32.2. The maximum atomic E-state index is 12.7. The molecule has 1 saturated heterocycles. The lowest BCUT2D eigenvalue weighted by Crippen LogP contribution is -2.53. The smallest absolute Gasteiger partial charge is 0.263 e. The van der Waals surface area contributed by atoms with Gasteiger partial charge in [-0.3, -0.25) is 4.79 Å². The van der Waals surface area contributed by atoms with E-state index in [1.807, 2.05) is 61.5 Å². The summed E-state index contributed by atoms with van der Waals surface area (Å²) >= 11 is 0. The fourth-order valence-corrected chi connectivity index (χ4v) is 4.78. The molecule has 1 fully saturated rings. The second-order valence-electron chi connectivity index (χ2n) is 7.04. The van der Waals surface area contributed by atoms with Crippen LogP contribution in [0.1, 0.15) is 18.1 Å². The minimum absolute atomic E-state index is 0.0192.